The first kappa shape index (κ1) is 32.6. The van der Waals surface area contributed by atoms with Gasteiger partial charge in [0, 0.05) is 22.6 Å². The Bertz CT molecular complexity index is 1500. The van der Waals surface area contributed by atoms with Gasteiger partial charge < -0.3 is 15.0 Å². The number of hydrogen-bond donors (Lipinski definition) is 1. The molecule has 0 aliphatic heterocycles. The summed E-state index contributed by atoms with van der Waals surface area (Å²) in [6.45, 7) is 3.59. The van der Waals surface area contributed by atoms with Crippen molar-refractivity contribution in [3.63, 3.8) is 0 Å². The summed E-state index contributed by atoms with van der Waals surface area (Å²) in [5.41, 5.74) is 0.874. The Morgan fingerprint density at radius 2 is 1.65 bits per heavy atom. The van der Waals surface area contributed by atoms with E-state index in [-0.39, 0.29) is 29.1 Å². The number of halogens is 2. The number of ether oxygens (including phenoxy) is 1. The van der Waals surface area contributed by atoms with Gasteiger partial charge in [0.25, 0.3) is 10.0 Å². The van der Waals surface area contributed by atoms with E-state index in [4.69, 9.17) is 27.9 Å². The van der Waals surface area contributed by atoms with Crippen LogP contribution in [0.3, 0.4) is 0 Å². The summed E-state index contributed by atoms with van der Waals surface area (Å²) >= 11 is 12.6. The first-order valence-electron chi connectivity index (χ1n) is 14.5. The minimum Gasteiger partial charge on any atom is -0.494 e. The monoisotopic (exact) mass is 645 g/mol. The minimum atomic E-state index is -4.16. The lowest BCUT2D eigenvalue weighted by atomic mass is 10.1. The van der Waals surface area contributed by atoms with E-state index in [0.29, 0.717) is 34.4 Å². The fourth-order valence-corrected chi connectivity index (χ4v) is 7.15. The van der Waals surface area contributed by atoms with E-state index < -0.39 is 28.5 Å². The number of hydrogen-bond acceptors (Lipinski definition) is 5. The predicted octanol–water partition coefficient (Wildman–Crippen LogP) is 6.45. The van der Waals surface area contributed by atoms with E-state index >= 15 is 0 Å². The molecular weight excluding hydrogens is 609 g/mol. The molecule has 1 atom stereocenters. The van der Waals surface area contributed by atoms with Crippen LogP contribution >= 0.6 is 23.2 Å². The molecule has 4 rings (SSSR count). The second-order valence-electron chi connectivity index (χ2n) is 10.4. The molecule has 8 nitrogen and oxygen atoms in total. The summed E-state index contributed by atoms with van der Waals surface area (Å²) in [6.07, 6.45) is 4.18. The Kier molecular flexibility index (Phi) is 11.3. The Hall–Kier alpha value is -3.27. The molecule has 11 heteroatoms. The molecule has 1 aliphatic rings. The van der Waals surface area contributed by atoms with Crippen LogP contribution in [0.2, 0.25) is 10.0 Å². The lowest BCUT2D eigenvalue weighted by molar-refractivity contribution is -0.140. The largest absolute Gasteiger partial charge is 0.494 e. The molecule has 0 heterocycles. The van der Waals surface area contributed by atoms with E-state index in [9.17, 15) is 18.0 Å². The van der Waals surface area contributed by atoms with E-state index in [1.807, 2.05) is 13.8 Å². The number of rotatable bonds is 13. The maximum absolute atomic E-state index is 14.2. The number of amides is 2. The smallest absolute Gasteiger partial charge is 0.264 e. The summed E-state index contributed by atoms with van der Waals surface area (Å²) in [5, 5.41) is 3.88. The zero-order valence-corrected chi connectivity index (χ0v) is 26.7. The van der Waals surface area contributed by atoms with Crippen molar-refractivity contribution in [1.82, 2.24) is 10.2 Å². The highest BCUT2D eigenvalue weighted by molar-refractivity contribution is 7.92. The van der Waals surface area contributed by atoms with E-state index in [1.165, 1.54) is 17.0 Å². The number of anilines is 1. The van der Waals surface area contributed by atoms with Crippen molar-refractivity contribution in [1.29, 1.82) is 0 Å². The van der Waals surface area contributed by atoms with Crippen molar-refractivity contribution in [2.24, 2.45) is 0 Å². The molecule has 3 aromatic carbocycles. The molecule has 1 saturated carbocycles. The average Bonchev–Trinajstić information content (AvgIpc) is 3.51. The maximum atomic E-state index is 14.2. The Morgan fingerprint density at radius 1 is 0.977 bits per heavy atom. The van der Waals surface area contributed by atoms with Crippen molar-refractivity contribution in [2.75, 3.05) is 17.5 Å². The predicted molar refractivity (Wildman–Crippen MR) is 170 cm³/mol. The maximum Gasteiger partial charge on any atom is 0.264 e. The topological polar surface area (TPSA) is 96.0 Å². The number of benzene rings is 3. The molecular formula is C32H37Cl2N3O5S. The zero-order valence-electron chi connectivity index (χ0n) is 24.3. The van der Waals surface area contributed by atoms with Crippen LogP contribution in [-0.2, 0) is 26.2 Å². The Balaban J connectivity index is 1.72. The standard InChI is InChI=1S/C32H37Cl2N3O5S/c1-3-30(32(39)35-25-10-8-9-11-25)36(21-23-14-15-24(33)20-29(23)34)31(38)22-37(26-16-18-27(19-17-26)42-4-2)43(40,41)28-12-6-5-7-13-28/h5-7,12-20,25,30H,3-4,8-11,21-22H2,1-2H3,(H,35,39). The molecule has 3 aromatic rings. The van der Waals surface area contributed by atoms with Crippen molar-refractivity contribution in [3.05, 3.63) is 88.4 Å². The van der Waals surface area contributed by atoms with Crippen LogP contribution in [0.5, 0.6) is 5.75 Å². The molecule has 1 N–H and O–H groups in total. The molecule has 0 saturated heterocycles. The lowest BCUT2D eigenvalue weighted by Gasteiger charge is -2.34. The fraction of sp³-hybridized carbons (Fsp3) is 0.375. The van der Waals surface area contributed by atoms with Gasteiger partial charge in [-0.2, -0.15) is 0 Å². The van der Waals surface area contributed by atoms with E-state index in [2.05, 4.69) is 5.32 Å². The second-order valence-corrected chi connectivity index (χ2v) is 13.1. The van der Waals surface area contributed by atoms with Crippen LogP contribution in [0.25, 0.3) is 0 Å². The normalized spacial score (nSPS) is 14.2. The van der Waals surface area contributed by atoms with Gasteiger partial charge in [-0.25, -0.2) is 8.42 Å². The highest BCUT2D eigenvalue weighted by Crippen LogP contribution is 2.28. The van der Waals surface area contributed by atoms with Crippen LogP contribution in [0.15, 0.2) is 77.7 Å². The number of sulfonamides is 1. The van der Waals surface area contributed by atoms with Gasteiger partial charge in [0.15, 0.2) is 0 Å². The quantitative estimate of drug-likeness (QED) is 0.230. The van der Waals surface area contributed by atoms with Crippen molar-refractivity contribution in [3.8, 4) is 5.75 Å². The van der Waals surface area contributed by atoms with E-state index in [1.54, 1.807) is 60.7 Å². The first-order valence-corrected chi connectivity index (χ1v) is 16.7. The summed E-state index contributed by atoms with van der Waals surface area (Å²) in [4.78, 5) is 29.3. The third-order valence-corrected chi connectivity index (χ3v) is 9.86. The van der Waals surface area contributed by atoms with Crippen molar-refractivity contribution >= 4 is 50.7 Å². The average molecular weight is 647 g/mol. The number of nitrogens with zero attached hydrogens (tertiary/aromatic N) is 2. The highest BCUT2D eigenvalue weighted by Gasteiger charge is 2.34. The van der Waals surface area contributed by atoms with Crippen LogP contribution in [-0.4, -0.2) is 50.4 Å². The van der Waals surface area contributed by atoms with Crippen LogP contribution in [0, 0.1) is 0 Å². The molecule has 0 aromatic heterocycles. The molecule has 0 radical (unpaired) electrons. The van der Waals surface area contributed by atoms with Gasteiger partial charge in [0.2, 0.25) is 11.8 Å². The number of nitrogens with one attached hydrogen (secondary N) is 1. The van der Waals surface area contributed by atoms with Gasteiger partial charge >= 0.3 is 0 Å². The molecule has 1 aliphatic carbocycles. The van der Waals surface area contributed by atoms with Gasteiger partial charge in [0.05, 0.1) is 17.2 Å². The summed E-state index contributed by atoms with van der Waals surface area (Å²) in [5.74, 6) is -0.248. The lowest BCUT2D eigenvalue weighted by Crippen LogP contribution is -2.53. The molecule has 43 heavy (non-hydrogen) atoms. The molecule has 0 spiro atoms. The van der Waals surface area contributed by atoms with Gasteiger partial charge in [-0.05, 0) is 80.3 Å². The van der Waals surface area contributed by atoms with E-state index in [0.717, 1.165) is 30.0 Å². The number of carbonyl (C=O) groups is 2. The number of carbonyl (C=O) groups excluding carboxylic acids is 2. The molecule has 230 valence electrons. The van der Waals surface area contributed by atoms with Crippen LogP contribution < -0.4 is 14.4 Å². The summed E-state index contributed by atoms with van der Waals surface area (Å²) < 4.78 is 34.5. The Labute approximate surface area is 264 Å². The fourth-order valence-electron chi connectivity index (χ4n) is 5.24. The highest BCUT2D eigenvalue weighted by atomic mass is 35.5. The zero-order chi connectivity index (χ0) is 31.0. The first-order chi connectivity index (χ1) is 20.6. The Morgan fingerprint density at radius 3 is 2.26 bits per heavy atom. The van der Waals surface area contributed by atoms with Gasteiger partial charge in [-0.3, -0.25) is 13.9 Å². The third-order valence-electron chi connectivity index (χ3n) is 7.49. The van der Waals surface area contributed by atoms with Crippen molar-refractivity contribution in [2.45, 2.75) is 69.5 Å². The van der Waals surface area contributed by atoms with Gasteiger partial charge in [-0.1, -0.05) is 67.2 Å². The SMILES string of the molecule is CCOc1ccc(N(CC(=O)N(Cc2ccc(Cl)cc2Cl)C(CC)C(=O)NC2CCCC2)S(=O)(=O)c2ccccc2)cc1. The van der Waals surface area contributed by atoms with Gasteiger partial charge in [0.1, 0.15) is 18.3 Å². The van der Waals surface area contributed by atoms with Gasteiger partial charge in [-0.15, -0.1) is 0 Å². The summed E-state index contributed by atoms with van der Waals surface area (Å²) in [7, 11) is -4.16. The molecule has 1 fully saturated rings. The van der Waals surface area contributed by atoms with Crippen LogP contribution in [0.4, 0.5) is 5.69 Å². The third kappa shape index (κ3) is 8.22. The minimum absolute atomic E-state index is 0.00602. The second kappa shape index (κ2) is 14.9. The molecule has 1 unspecified atom stereocenters. The summed E-state index contributed by atoms with van der Waals surface area (Å²) in [6, 6.07) is 18.6. The van der Waals surface area contributed by atoms with Crippen molar-refractivity contribution < 1.29 is 22.7 Å². The van der Waals surface area contributed by atoms with Crippen LogP contribution in [0.1, 0.15) is 51.5 Å². The molecule has 0 bridgehead atoms. The molecule has 2 amide bonds.